The molecule has 0 aromatic carbocycles. The van der Waals surface area contributed by atoms with E-state index in [0.29, 0.717) is 19.4 Å². The van der Waals surface area contributed by atoms with Gasteiger partial charge < -0.3 is 4.74 Å². The Bertz CT molecular complexity index is 325. The molecule has 0 bridgehead atoms. The van der Waals surface area contributed by atoms with Gasteiger partial charge in [0.05, 0.1) is 12.9 Å². The summed E-state index contributed by atoms with van der Waals surface area (Å²) < 4.78 is 29.4. The molecule has 5 nitrogen and oxygen atoms in total. The van der Waals surface area contributed by atoms with Gasteiger partial charge in [0.2, 0.25) is 10.0 Å². The highest BCUT2D eigenvalue weighted by atomic mass is 32.2. The maximum Gasteiger partial charge on any atom is 0.324 e. The van der Waals surface area contributed by atoms with Gasteiger partial charge >= 0.3 is 5.97 Å². The molecule has 1 unspecified atom stereocenters. The Kier molecular flexibility index (Phi) is 4.10. The summed E-state index contributed by atoms with van der Waals surface area (Å²) in [6, 6.07) is -0.605. The molecule has 1 rings (SSSR count). The first-order valence-electron chi connectivity index (χ1n) is 5.10. The molecule has 0 saturated carbocycles. The number of nitrogens with zero attached hydrogens (tertiary/aromatic N) is 1. The monoisotopic (exact) mass is 235 g/mol. The van der Waals surface area contributed by atoms with E-state index in [2.05, 4.69) is 4.74 Å². The first kappa shape index (κ1) is 12.4. The van der Waals surface area contributed by atoms with Crippen LogP contribution < -0.4 is 0 Å². The fraction of sp³-hybridized carbons (Fsp3) is 0.889. The molecule has 0 amide bonds. The summed E-state index contributed by atoms with van der Waals surface area (Å²) in [6.07, 6.45) is 1.85. The highest BCUT2D eigenvalue weighted by Crippen LogP contribution is 2.22. The van der Waals surface area contributed by atoms with Crippen molar-refractivity contribution >= 4 is 16.0 Å². The van der Waals surface area contributed by atoms with Crippen molar-refractivity contribution in [1.29, 1.82) is 0 Å². The highest BCUT2D eigenvalue weighted by Gasteiger charge is 2.38. The minimum absolute atomic E-state index is 0.0977. The van der Waals surface area contributed by atoms with Crippen LogP contribution in [-0.4, -0.2) is 44.1 Å². The van der Waals surface area contributed by atoms with E-state index in [1.54, 1.807) is 6.92 Å². The third kappa shape index (κ3) is 2.69. The van der Waals surface area contributed by atoms with Gasteiger partial charge in [0, 0.05) is 6.54 Å². The van der Waals surface area contributed by atoms with Crippen molar-refractivity contribution < 1.29 is 17.9 Å². The SMILES string of the molecule is CCCS(=O)(=O)N1CCCC1C(=O)OC. The summed E-state index contributed by atoms with van der Waals surface area (Å²) in [4.78, 5) is 11.3. The average molecular weight is 235 g/mol. The summed E-state index contributed by atoms with van der Waals surface area (Å²) >= 11 is 0. The van der Waals surface area contributed by atoms with E-state index in [1.807, 2.05) is 0 Å². The van der Waals surface area contributed by atoms with Crippen LogP contribution >= 0.6 is 0 Å². The summed E-state index contributed by atoms with van der Waals surface area (Å²) in [5.41, 5.74) is 0. The summed E-state index contributed by atoms with van der Waals surface area (Å²) in [7, 11) is -2.00. The summed E-state index contributed by atoms with van der Waals surface area (Å²) in [5, 5.41) is 0. The lowest BCUT2D eigenvalue weighted by atomic mass is 10.2. The predicted molar refractivity (Wildman–Crippen MR) is 55.8 cm³/mol. The molecule has 1 aliphatic rings. The van der Waals surface area contributed by atoms with Gasteiger partial charge in [-0.25, -0.2) is 8.42 Å². The minimum Gasteiger partial charge on any atom is -0.468 e. The number of hydrogen-bond acceptors (Lipinski definition) is 4. The van der Waals surface area contributed by atoms with E-state index in [1.165, 1.54) is 11.4 Å². The fourth-order valence-electron chi connectivity index (χ4n) is 1.82. The first-order chi connectivity index (χ1) is 7.03. The van der Waals surface area contributed by atoms with Crippen LogP contribution in [0.5, 0.6) is 0 Å². The number of methoxy groups -OCH3 is 1. The molecule has 0 radical (unpaired) electrons. The third-order valence-corrected chi connectivity index (χ3v) is 4.57. The summed E-state index contributed by atoms with van der Waals surface area (Å²) in [6.45, 7) is 2.24. The molecular formula is C9H17NO4S. The van der Waals surface area contributed by atoms with Crippen molar-refractivity contribution in [2.75, 3.05) is 19.4 Å². The van der Waals surface area contributed by atoms with Gasteiger partial charge in [-0.15, -0.1) is 0 Å². The lowest BCUT2D eigenvalue weighted by Gasteiger charge is -2.21. The second-order valence-corrected chi connectivity index (χ2v) is 5.65. The van der Waals surface area contributed by atoms with Gasteiger partial charge in [0.25, 0.3) is 0 Å². The third-order valence-electron chi connectivity index (χ3n) is 2.50. The summed E-state index contributed by atoms with van der Waals surface area (Å²) in [5.74, 6) is -0.354. The van der Waals surface area contributed by atoms with Crippen molar-refractivity contribution in [3.05, 3.63) is 0 Å². The molecule has 0 N–H and O–H groups in total. The Morgan fingerprint density at radius 3 is 2.73 bits per heavy atom. The van der Waals surface area contributed by atoms with Gasteiger partial charge in [-0.05, 0) is 19.3 Å². The van der Waals surface area contributed by atoms with Crippen molar-refractivity contribution in [2.45, 2.75) is 32.2 Å². The lowest BCUT2D eigenvalue weighted by Crippen LogP contribution is -2.42. The van der Waals surface area contributed by atoms with Crippen LogP contribution in [0.25, 0.3) is 0 Å². The molecule has 0 aliphatic carbocycles. The maximum absolute atomic E-state index is 11.8. The number of carbonyl (C=O) groups excluding carboxylic acids is 1. The highest BCUT2D eigenvalue weighted by molar-refractivity contribution is 7.89. The molecule has 15 heavy (non-hydrogen) atoms. The van der Waals surface area contributed by atoms with Crippen LogP contribution in [0.3, 0.4) is 0 Å². The first-order valence-corrected chi connectivity index (χ1v) is 6.71. The number of ether oxygens (including phenoxy) is 1. The molecule has 0 aromatic heterocycles. The van der Waals surface area contributed by atoms with Crippen LogP contribution in [0.4, 0.5) is 0 Å². The van der Waals surface area contributed by atoms with Crippen LogP contribution in [0, 0.1) is 0 Å². The Morgan fingerprint density at radius 2 is 2.20 bits per heavy atom. The number of hydrogen-bond donors (Lipinski definition) is 0. The van der Waals surface area contributed by atoms with Crippen LogP contribution in [0.15, 0.2) is 0 Å². The normalized spacial score (nSPS) is 22.9. The molecule has 1 fully saturated rings. The maximum atomic E-state index is 11.8. The minimum atomic E-state index is -3.28. The van der Waals surface area contributed by atoms with Crippen molar-refractivity contribution in [3.63, 3.8) is 0 Å². The lowest BCUT2D eigenvalue weighted by molar-refractivity contribution is -0.144. The van der Waals surface area contributed by atoms with Crippen molar-refractivity contribution in [1.82, 2.24) is 4.31 Å². The molecule has 1 aliphatic heterocycles. The topological polar surface area (TPSA) is 63.7 Å². The van der Waals surface area contributed by atoms with Gasteiger partial charge in [0.1, 0.15) is 6.04 Å². The van der Waals surface area contributed by atoms with Crippen LogP contribution in [-0.2, 0) is 19.6 Å². The standard InChI is InChI=1S/C9H17NO4S/c1-3-7-15(12,13)10-6-4-5-8(10)9(11)14-2/h8H,3-7H2,1-2H3. The van der Waals surface area contributed by atoms with Gasteiger partial charge in [-0.1, -0.05) is 6.92 Å². The number of rotatable bonds is 4. The Labute approximate surface area is 90.4 Å². The quantitative estimate of drug-likeness (QED) is 0.660. The number of esters is 1. The zero-order valence-electron chi connectivity index (χ0n) is 9.10. The average Bonchev–Trinajstić information content (AvgIpc) is 2.65. The van der Waals surface area contributed by atoms with E-state index in [0.717, 1.165) is 6.42 Å². The van der Waals surface area contributed by atoms with Gasteiger partial charge in [0.15, 0.2) is 0 Å². The largest absolute Gasteiger partial charge is 0.468 e. The molecular weight excluding hydrogens is 218 g/mol. The molecule has 6 heteroatoms. The second kappa shape index (κ2) is 4.94. The van der Waals surface area contributed by atoms with E-state index in [-0.39, 0.29) is 5.75 Å². The van der Waals surface area contributed by atoms with Gasteiger partial charge in [-0.3, -0.25) is 4.79 Å². The molecule has 1 heterocycles. The molecule has 1 atom stereocenters. The van der Waals surface area contributed by atoms with Crippen molar-refractivity contribution in [3.8, 4) is 0 Å². The van der Waals surface area contributed by atoms with E-state index in [9.17, 15) is 13.2 Å². The molecule has 0 aromatic rings. The van der Waals surface area contributed by atoms with Crippen LogP contribution in [0.1, 0.15) is 26.2 Å². The smallest absolute Gasteiger partial charge is 0.324 e. The molecule has 88 valence electrons. The number of sulfonamides is 1. The van der Waals surface area contributed by atoms with E-state index >= 15 is 0 Å². The predicted octanol–water partition coefficient (Wildman–Crippen LogP) is 0.364. The fourth-order valence-corrected chi connectivity index (χ4v) is 3.56. The van der Waals surface area contributed by atoms with Crippen molar-refractivity contribution in [2.24, 2.45) is 0 Å². The number of carbonyl (C=O) groups is 1. The second-order valence-electron chi connectivity index (χ2n) is 3.61. The van der Waals surface area contributed by atoms with E-state index in [4.69, 9.17) is 0 Å². The zero-order chi connectivity index (χ0) is 11.5. The Balaban J connectivity index is 2.81. The zero-order valence-corrected chi connectivity index (χ0v) is 9.92. The van der Waals surface area contributed by atoms with E-state index < -0.39 is 22.0 Å². The van der Waals surface area contributed by atoms with Crippen LogP contribution in [0.2, 0.25) is 0 Å². The molecule has 0 spiro atoms. The molecule has 1 saturated heterocycles. The Morgan fingerprint density at radius 1 is 1.53 bits per heavy atom. The van der Waals surface area contributed by atoms with Gasteiger partial charge in [-0.2, -0.15) is 4.31 Å². The Hall–Kier alpha value is -0.620.